The van der Waals surface area contributed by atoms with Crippen LogP contribution < -0.4 is 10.6 Å². The molecule has 0 saturated heterocycles. The molecule has 0 bridgehead atoms. The van der Waals surface area contributed by atoms with Crippen molar-refractivity contribution in [2.24, 2.45) is 0 Å². The molecule has 0 fully saturated rings. The number of carbonyl (C=O) groups excluding carboxylic acids is 1. The van der Waals surface area contributed by atoms with E-state index in [1.54, 1.807) is 6.20 Å². The molecule has 88 valence electrons. The van der Waals surface area contributed by atoms with Crippen LogP contribution >= 0.6 is 15.9 Å². The van der Waals surface area contributed by atoms with Crippen LogP contribution in [0, 0.1) is 0 Å². The van der Waals surface area contributed by atoms with Crippen molar-refractivity contribution < 1.29 is 4.79 Å². The van der Waals surface area contributed by atoms with Crippen LogP contribution in [-0.2, 0) is 4.79 Å². The van der Waals surface area contributed by atoms with Gasteiger partial charge in [-0.15, -0.1) is 0 Å². The summed E-state index contributed by atoms with van der Waals surface area (Å²) in [4.78, 5) is 15.7. The zero-order valence-corrected chi connectivity index (χ0v) is 11.0. The van der Waals surface area contributed by atoms with Gasteiger partial charge in [-0.3, -0.25) is 4.79 Å². The maximum atomic E-state index is 11.6. The van der Waals surface area contributed by atoms with Crippen LogP contribution in [-0.4, -0.2) is 23.5 Å². The minimum absolute atomic E-state index is 0.0144. The van der Waals surface area contributed by atoms with Gasteiger partial charge in [-0.2, -0.15) is 0 Å². The Morgan fingerprint density at radius 1 is 1.62 bits per heavy atom. The largest absolute Gasteiger partial charge is 0.358 e. The molecule has 0 aliphatic carbocycles. The summed E-state index contributed by atoms with van der Waals surface area (Å²) in [5, 5.41) is 5.88. The minimum Gasteiger partial charge on any atom is -0.358 e. The van der Waals surface area contributed by atoms with Gasteiger partial charge < -0.3 is 10.6 Å². The van der Waals surface area contributed by atoms with Crippen LogP contribution in [0.2, 0.25) is 0 Å². The SMILES string of the molecule is CCCNC(=O)C(C)Nc1ncccc1Br. The molecule has 4 nitrogen and oxygen atoms in total. The molecule has 1 heterocycles. The van der Waals surface area contributed by atoms with Crippen molar-refractivity contribution >= 4 is 27.7 Å². The topological polar surface area (TPSA) is 54.0 Å². The Morgan fingerprint density at radius 3 is 3.00 bits per heavy atom. The van der Waals surface area contributed by atoms with E-state index in [0.717, 1.165) is 10.9 Å². The van der Waals surface area contributed by atoms with E-state index in [2.05, 4.69) is 31.5 Å². The number of halogens is 1. The first kappa shape index (κ1) is 13.0. The van der Waals surface area contributed by atoms with Gasteiger partial charge in [-0.05, 0) is 41.4 Å². The van der Waals surface area contributed by atoms with E-state index in [0.29, 0.717) is 12.4 Å². The van der Waals surface area contributed by atoms with Gasteiger partial charge >= 0.3 is 0 Å². The molecule has 1 rings (SSSR count). The normalized spacial score (nSPS) is 11.9. The van der Waals surface area contributed by atoms with Crippen molar-refractivity contribution in [3.05, 3.63) is 22.8 Å². The number of carbonyl (C=O) groups is 1. The highest BCUT2D eigenvalue weighted by Crippen LogP contribution is 2.18. The molecule has 2 N–H and O–H groups in total. The molecule has 0 spiro atoms. The van der Waals surface area contributed by atoms with Gasteiger partial charge in [0.25, 0.3) is 0 Å². The van der Waals surface area contributed by atoms with Gasteiger partial charge in [-0.25, -0.2) is 4.98 Å². The molecular weight excluding hydrogens is 270 g/mol. The summed E-state index contributed by atoms with van der Waals surface area (Å²) in [5.41, 5.74) is 0. The highest BCUT2D eigenvalue weighted by atomic mass is 79.9. The highest BCUT2D eigenvalue weighted by Gasteiger charge is 2.13. The number of aromatic nitrogens is 1. The summed E-state index contributed by atoms with van der Waals surface area (Å²) < 4.78 is 0.852. The second-order valence-electron chi connectivity index (χ2n) is 3.49. The molecule has 1 aromatic heterocycles. The van der Waals surface area contributed by atoms with Crippen molar-refractivity contribution in [1.82, 2.24) is 10.3 Å². The van der Waals surface area contributed by atoms with E-state index in [-0.39, 0.29) is 11.9 Å². The van der Waals surface area contributed by atoms with Crippen LogP contribution in [0.25, 0.3) is 0 Å². The second-order valence-corrected chi connectivity index (χ2v) is 4.35. The summed E-state index contributed by atoms with van der Waals surface area (Å²) >= 11 is 3.37. The van der Waals surface area contributed by atoms with Crippen molar-refractivity contribution in [1.29, 1.82) is 0 Å². The molecule has 0 saturated carbocycles. The summed E-state index contributed by atoms with van der Waals surface area (Å²) in [6.45, 7) is 4.54. The zero-order valence-electron chi connectivity index (χ0n) is 9.46. The number of amides is 1. The minimum atomic E-state index is -0.294. The molecule has 1 aromatic rings. The average Bonchev–Trinajstić information content (AvgIpc) is 2.28. The van der Waals surface area contributed by atoms with Crippen molar-refractivity contribution in [3.63, 3.8) is 0 Å². The number of nitrogens with zero attached hydrogens (tertiary/aromatic N) is 1. The third kappa shape index (κ3) is 3.81. The lowest BCUT2D eigenvalue weighted by Crippen LogP contribution is -2.38. The number of anilines is 1. The molecular formula is C11H16BrN3O. The van der Waals surface area contributed by atoms with Crippen LogP contribution in [0.1, 0.15) is 20.3 Å². The van der Waals surface area contributed by atoms with E-state index in [4.69, 9.17) is 0 Å². The first-order valence-corrected chi connectivity index (χ1v) is 6.09. The molecule has 0 aliphatic rings. The Morgan fingerprint density at radius 2 is 2.38 bits per heavy atom. The Kier molecular flexibility index (Phi) is 5.25. The predicted molar refractivity (Wildman–Crippen MR) is 68.3 cm³/mol. The lowest BCUT2D eigenvalue weighted by molar-refractivity contribution is -0.121. The van der Waals surface area contributed by atoms with E-state index < -0.39 is 0 Å². The van der Waals surface area contributed by atoms with E-state index in [9.17, 15) is 4.79 Å². The van der Waals surface area contributed by atoms with Gasteiger partial charge in [0.15, 0.2) is 0 Å². The molecule has 1 unspecified atom stereocenters. The molecule has 1 atom stereocenters. The Labute approximate surface area is 104 Å². The average molecular weight is 286 g/mol. The van der Waals surface area contributed by atoms with Crippen molar-refractivity contribution in [3.8, 4) is 0 Å². The molecule has 16 heavy (non-hydrogen) atoms. The maximum absolute atomic E-state index is 11.6. The number of hydrogen-bond donors (Lipinski definition) is 2. The smallest absolute Gasteiger partial charge is 0.242 e. The van der Waals surface area contributed by atoms with Gasteiger partial charge in [0.1, 0.15) is 11.9 Å². The fourth-order valence-electron chi connectivity index (χ4n) is 1.16. The van der Waals surface area contributed by atoms with Crippen molar-refractivity contribution in [2.45, 2.75) is 26.3 Å². The molecule has 5 heteroatoms. The zero-order chi connectivity index (χ0) is 12.0. The molecule has 0 aliphatic heterocycles. The van der Waals surface area contributed by atoms with Crippen LogP contribution in [0.4, 0.5) is 5.82 Å². The summed E-state index contributed by atoms with van der Waals surface area (Å²) in [7, 11) is 0. The quantitative estimate of drug-likeness (QED) is 0.872. The maximum Gasteiger partial charge on any atom is 0.242 e. The lowest BCUT2D eigenvalue weighted by atomic mass is 10.3. The standard InChI is InChI=1S/C11H16BrN3O/c1-3-6-14-11(16)8(2)15-10-9(12)5-4-7-13-10/h4-5,7-8H,3,6H2,1-2H3,(H,13,15)(H,14,16). The van der Waals surface area contributed by atoms with Crippen LogP contribution in [0.3, 0.4) is 0 Å². The number of rotatable bonds is 5. The summed E-state index contributed by atoms with van der Waals surface area (Å²) in [6.07, 6.45) is 2.62. The first-order chi connectivity index (χ1) is 7.65. The monoisotopic (exact) mass is 285 g/mol. The fourth-order valence-corrected chi connectivity index (χ4v) is 1.53. The van der Waals surface area contributed by atoms with Gasteiger partial charge in [0, 0.05) is 12.7 Å². The second kappa shape index (κ2) is 6.48. The van der Waals surface area contributed by atoms with Gasteiger partial charge in [0.2, 0.25) is 5.91 Å². The van der Waals surface area contributed by atoms with Gasteiger partial charge in [-0.1, -0.05) is 6.92 Å². The van der Waals surface area contributed by atoms with E-state index in [1.807, 2.05) is 26.0 Å². The Hall–Kier alpha value is -1.10. The van der Waals surface area contributed by atoms with Crippen LogP contribution in [0.5, 0.6) is 0 Å². The van der Waals surface area contributed by atoms with E-state index >= 15 is 0 Å². The molecule has 1 amide bonds. The number of hydrogen-bond acceptors (Lipinski definition) is 3. The Balaban J connectivity index is 2.54. The Bertz CT molecular complexity index is 357. The molecule has 0 aromatic carbocycles. The van der Waals surface area contributed by atoms with Crippen molar-refractivity contribution in [2.75, 3.05) is 11.9 Å². The van der Waals surface area contributed by atoms with Crippen LogP contribution in [0.15, 0.2) is 22.8 Å². The number of pyridine rings is 1. The third-order valence-electron chi connectivity index (χ3n) is 2.05. The highest BCUT2D eigenvalue weighted by molar-refractivity contribution is 9.10. The predicted octanol–water partition coefficient (Wildman–Crippen LogP) is 2.17. The third-order valence-corrected chi connectivity index (χ3v) is 2.69. The first-order valence-electron chi connectivity index (χ1n) is 5.30. The van der Waals surface area contributed by atoms with Gasteiger partial charge in [0.05, 0.1) is 4.47 Å². The van der Waals surface area contributed by atoms with E-state index in [1.165, 1.54) is 0 Å². The number of nitrogens with one attached hydrogen (secondary N) is 2. The summed E-state index contributed by atoms with van der Waals surface area (Å²) in [6, 6.07) is 3.42. The summed E-state index contributed by atoms with van der Waals surface area (Å²) in [5.74, 6) is 0.668. The lowest BCUT2D eigenvalue weighted by Gasteiger charge is -2.14. The molecule has 0 radical (unpaired) electrons. The fraction of sp³-hybridized carbons (Fsp3) is 0.455.